The lowest BCUT2D eigenvalue weighted by molar-refractivity contribution is 1.28. The van der Waals surface area contributed by atoms with Crippen molar-refractivity contribution in [3.05, 3.63) is 285 Å². The molecule has 12 aromatic carbocycles. The van der Waals surface area contributed by atoms with Crippen molar-refractivity contribution in [3.8, 4) is 77.9 Å². The fraction of sp³-hybridized carbons (Fsp3) is 0. The Kier molecular flexibility index (Phi) is 8.88. The van der Waals surface area contributed by atoms with E-state index in [0.29, 0.717) is 16.8 Å². The summed E-state index contributed by atoms with van der Waals surface area (Å²) in [5.74, 6) is 0. The number of rotatable bonds is 10. The van der Waals surface area contributed by atoms with Crippen molar-refractivity contribution in [1.29, 1.82) is 0 Å². The summed E-state index contributed by atoms with van der Waals surface area (Å²) in [6.45, 7) is 0. The van der Waals surface area contributed by atoms with Gasteiger partial charge >= 0.3 is 0 Å². The van der Waals surface area contributed by atoms with E-state index in [0.717, 1.165) is 77.2 Å². The van der Waals surface area contributed by atoms with Gasteiger partial charge in [0.1, 0.15) is 0 Å². The first kappa shape index (κ1) is 33.4. The fourth-order valence-electron chi connectivity index (χ4n) is 9.33. The highest BCUT2D eigenvalue weighted by Gasteiger charge is 2.17. The Morgan fingerprint density at radius 3 is 1.30 bits per heavy atom. The number of hydrogen-bond acceptors (Lipinski definition) is 1. The summed E-state index contributed by atoms with van der Waals surface area (Å²) in [4.78, 5) is 1.37. The highest BCUT2D eigenvalue weighted by atomic mass is 15.1. The van der Waals surface area contributed by atoms with Crippen molar-refractivity contribution < 1.29 is 11.0 Å². The minimum Gasteiger partial charge on any atom is -0.311 e. The molecular formula is C68H47N. The number of nitrogens with zero attached hydrogens (tertiary/aromatic N) is 1. The summed E-state index contributed by atoms with van der Waals surface area (Å²) < 4.78 is 78.0. The Morgan fingerprint density at radius 2 is 0.667 bits per heavy atom. The van der Waals surface area contributed by atoms with Crippen molar-refractivity contribution >= 4 is 38.6 Å². The van der Waals surface area contributed by atoms with Crippen LogP contribution < -0.4 is 4.90 Å². The molecule has 0 atom stereocenters. The summed E-state index contributed by atoms with van der Waals surface area (Å²) in [7, 11) is 0. The van der Waals surface area contributed by atoms with Gasteiger partial charge in [0.25, 0.3) is 0 Å². The van der Waals surface area contributed by atoms with Crippen molar-refractivity contribution in [1.82, 2.24) is 0 Å². The molecule has 69 heavy (non-hydrogen) atoms. The van der Waals surface area contributed by atoms with E-state index in [-0.39, 0.29) is 46.7 Å². The standard InChI is InChI=1S/C68H47N/c1-4-15-53(16-5-1)64-44-37-60(47-67(64)54-17-6-2-7-18-54)52-32-40-62(41-33-52)69(61-38-30-50(31-39-61)49-24-26-51(27-25-49)59-29-28-48-14-10-11-22-58(48)46-59)63-42-34-56(35-43-63)66-45-36-55-19-12-13-23-65(55)68(66)57-20-8-3-9-21-57/h1-47H/i30D,31D,34D,35D,38D,39D,42D,43D. The molecule has 0 aliphatic heterocycles. The van der Waals surface area contributed by atoms with Gasteiger partial charge in [-0.1, -0.05) is 236 Å². The monoisotopic (exact) mass is 885 g/mol. The Morgan fingerprint density at radius 1 is 0.232 bits per heavy atom. The molecule has 0 spiro atoms. The lowest BCUT2D eigenvalue weighted by Crippen LogP contribution is -2.09. The van der Waals surface area contributed by atoms with E-state index in [1.165, 1.54) is 4.90 Å². The third kappa shape index (κ3) is 8.28. The predicted molar refractivity (Wildman–Crippen MR) is 294 cm³/mol. The second-order valence-electron chi connectivity index (χ2n) is 17.0. The number of fused-ring (bicyclic) bond motifs is 2. The Labute approximate surface area is 415 Å². The molecule has 0 unspecified atom stereocenters. The first-order valence-electron chi connectivity index (χ1n) is 27.1. The van der Waals surface area contributed by atoms with E-state index >= 15 is 0 Å². The maximum absolute atomic E-state index is 9.88. The van der Waals surface area contributed by atoms with E-state index in [1.54, 1.807) is 24.3 Å². The first-order chi connectivity index (χ1) is 37.5. The van der Waals surface area contributed by atoms with Gasteiger partial charge in [0, 0.05) is 17.1 Å². The summed E-state index contributed by atoms with van der Waals surface area (Å²) in [5, 5.41) is 4.06. The number of anilines is 3. The van der Waals surface area contributed by atoms with Crippen molar-refractivity contribution in [2.24, 2.45) is 0 Å². The molecule has 1 heteroatoms. The molecule has 0 N–H and O–H groups in total. The molecule has 1 nitrogen and oxygen atoms in total. The van der Waals surface area contributed by atoms with Gasteiger partial charge in [-0.15, -0.1) is 0 Å². The van der Waals surface area contributed by atoms with Crippen LogP contribution in [0.3, 0.4) is 0 Å². The van der Waals surface area contributed by atoms with E-state index < -0.39 is 24.2 Å². The highest BCUT2D eigenvalue weighted by Crippen LogP contribution is 2.42. The zero-order valence-electron chi connectivity index (χ0n) is 45.5. The maximum Gasteiger partial charge on any atom is 0.0645 e. The van der Waals surface area contributed by atoms with E-state index in [1.807, 2.05) is 140 Å². The minimum absolute atomic E-state index is 0.0944. The van der Waals surface area contributed by atoms with Crippen LogP contribution in [0.1, 0.15) is 11.0 Å². The molecule has 0 saturated carbocycles. The predicted octanol–water partition coefficient (Wildman–Crippen LogP) is 19.1. The Bertz CT molecular complexity index is 4160. The minimum atomic E-state index is -0.411. The molecule has 0 radical (unpaired) electrons. The first-order valence-corrected chi connectivity index (χ1v) is 23.1. The SMILES string of the molecule is [2H]c1c([2H])c(N(c2ccc(-c3ccc(-c4ccccc4)c(-c4ccccc4)c3)cc2)c2c([2H])c([2H])c(-c3ccc4ccccc4c3-c3ccccc3)c([2H])c2[2H])c([2H])c([2H])c1-c1ccc(-c2ccc3ccccc3c2)cc1. The summed E-state index contributed by atoms with van der Waals surface area (Å²) >= 11 is 0. The second-order valence-corrected chi connectivity index (χ2v) is 17.0. The van der Waals surface area contributed by atoms with Crippen molar-refractivity contribution in [3.63, 3.8) is 0 Å². The second kappa shape index (κ2) is 18.3. The summed E-state index contributed by atoms with van der Waals surface area (Å²) in [6.07, 6.45) is 0. The smallest absolute Gasteiger partial charge is 0.0645 e. The van der Waals surface area contributed by atoms with Crippen LogP contribution in [0.25, 0.3) is 99.4 Å². The van der Waals surface area contributed by atoms with Gasteiger partial charge in [-0.3, -0.25) is 0 Å². The highest BCUT2D eigenvalue weighted by molar-refractivity contribution is 6.04. The zero-order valence-corrected chi connectivity index (χ0v) is 37.5. The van der Waals surface area contributed by atoms with Crippen LogP contribution in [0.2, 0.25) is 0 Å². The molecule has 12 rings (SSSR count). The fourth-order valence-corrected chi connectivity index (χ4v) is 9.33. The molecule has 0 aromatic heterocycles. The third-order valence-corrected chi connectivity index (χ3v) is 12.8. The lowest BCUT2D eigenvalue weighted by atomic mass is 9.90. The molecule has 0 fully saturated rings. The van der Waals surface area contributed by atoms with Crippen LogP contribution >= 0.6 is 0 Å². The quantitative estimate of drug-likeness (QED) is 0.132. The molecule has 0 heterocycles. The Hall–Kier alpha value is -9.04. The van der Waals surface area contributed by atoms with Crippen molar-refractivity contribution in [2.45, 2.75) is 0 Å². The van der Waals surface area contributed by atoms with Gasteiger partial charge in [0.2, 0.25) is 0 Å². The summed E-state index contributed by atoms with van der Waals surface area (Å²) in [6, 6.07) is 74.3. The molecule has 0 amide bonds. The maximum atomic E-state index is 9.88. The topological polar surface area (TPSA) is 3.24 Å². The van der Waals surface area contributed by atoms with E-state index in [9.17, 15) is 11.0 Å². The summed E-state index contributed by atoms with van der Waals surface area (Å²) in [5.41, 5.74) is 10.6. The van der Waals surface area contributed by atoms with Crippen LogP contribution in [0.5, 0.6) is 0 Å². The molecule has 0 bridgehead atoms. The van der Waals surface area contributed by atoms with Crippen LogP contribution in [0.15, 0.2) is 285 Å². The lowest BCUT2D eigenvalue weighted by Gasteiger charge is -2.26. The normalized spacial score (nSPS) is 12.8. The van der Waals surface area contributed by atoms with Gasteiger partial charge in [0.15, 0.2) is 0 Å². The molecule has 324 valence electrons. The van der Waals surface area contributed by atoms with Crippen LogP contribution in [0.4, 0.5) is 17.1 Å². The molecule has 0 aliphatic rings. The van der Waals surface area contributed by atoms with E-state index in [2.05, 4.69) is 72.8 Å². The average Bonchev–Trinajstić information content (AvgIpc) is 3.50. The van der Waals surface area contributed by atoms with E-state index in [4.69, 9.17) is 0 Å². The van der Waals surface area contributed by atoms with Gasteiger partial charge in [-0.2, -0.15) is 0 Å². The van der Waals surface area contributed by atoms with Crippen LogP contribution in [-0.2, 0) is 0 Å². The van der Waals surface area contributed by atoms with Gasteiger partial charge in [-0.05, 0) is 148 Å². The van der Waals surface area contributed by atoms with Gasteiger partial charge < -0.3 is 4.90 Å². The average molecular weight is 886 g/mol. The number of hydrogen-bond donors (Lipinski definition) is 0. The van der Waals surface area contributed by atoms with Crippen molar-refractivity contribution in [2.75, 3.05) is 4.90 Å². The molecular weight excluding hydrogens is 831 g/mol. The number of benzene rings is 12. The molecule has 12 aromatic rings. The third-order valence-electron chi connectivity index (χ3n) is 12.8. The molecule has 0 saturated heterocycles. The molecule has 0 aliphatic carbocycles. The van der Waals surface area contributed by atoms with Gasteiger partial charge in [0.05, 0.1) is 11.0 Å². The van der Waals surface area contributed by atoms with Crippen LogP contribution in [-0.4, -0.2) is 0 Å². The zero-order chi connectivity index (χ0) is 52.9. The largest absolute Gasteiger partial charge is 0.311 e. The van der Waals surface area contributed by atoms with Crippen LogP contribution in [0, 0.1) is 0 Å². The van der Waals surface area contributed by atoms with Gasteiger partial charge in [-0.25, -0.2) is 0 Å². The Balaban J connectivity index is 1.02.